The van der Waals surface area contributed by atoms with Gasteiger partial charge in [-0.3, -0.25) is 14.7 Å². The Morgan fingerprint density at radius 1 is 1.38 bits per heavy atom. The third-order valence-electron chi connectivity index (χ3n) is 4.66. The molecule has 4 rings (SSSR count). The van der Waals surface area contributed by atoms with E-state index >= 15 is 0 Å². The van der Waals surface area contributed by atoms with Crippen LogP contribution in [-0.4, -0.2) is 24.1 Å². The highest BCUT2D eigenvalue weighted by Gasteiger charge is 2.24. The highest BCUT2D eigenvalue weighted by molar-refractivity contribution is 7.71. The minimum atomic E-state index is -0.729. The van der Waals surface area contributed by atoms with Crippen LogP contribution < -0.4 is 4.74 Å². The van der Waals surface area contributed by atoms with Gasteiger partial charge in [-0.05, 0) is 43.6 Å². The van der Waals surface area contributed by atoms with Gasteiger partial charge < -0.3 is 14.4 Å². The molecular formula is C18H14ClFN4O4S. The number of aromatic nitrogens is 3. The Morgan fingerprint density at radius 2 is 2.17 bits per heavy atom. The summed E-state index contributed by atoms with van der Waals surface area (Å²) in [5.41, 5.74) is 0.194. The summed E-state index contributed by atoms with van der Waals surface area (Å²) in [6.07, 6.45) is 3.75. The first-order chi connectivity index (χ1) is 13.9. The minimum absolute atomic E-state index is 0.0599. The number of hydrogen-bond acceptors (Lipinski definition) is 6. The van der Waals surface area contributed by atoms with E-state index in [1.807, 2.05) is 0 Å². The highest BCUT2D eigenvalue weighted by Crippen LogP contribution is 2.38. The zero-order valence-corrected chi connectivity index (χ0v) is 16.4. The molecule has 0 saturated carbocycles. The molecule has 0 bridgehead atoms. The molecule has 3 heterocycles. The Morgan fingerprint density at radius 3 is 2.90 bits per heavy atom. The quantitative estimate of drug-likeness (QED) is 0.353. The highest BCUT2D eigenvalue weighted by atomic mass is 35.5. The number of pyridine rings is 1. The van der Waals surface area contributed by atoms with Gasteiger partial charge in [0.2, 0.25) is 5.88 Å². The molecule has 0 saturated heterocycles. The van der Waals surface area contributed by atoms with Crippen LogP contribution in [0, 0.1) is 20.7 Å². The van der Waals surface area contributed by atoms with Gasteiger partial charge in [-0.2, -0.15) is 0 Å². The molecular weight excluding hydrogens is 423 g/mol. The lowest BCUT2D eigenvalue weighted by Gasteiger charge is -2.12. The number of aromatic hydroxyl groups is 1. The van der Waals surface area contributed by atoms with Gasteiger partial charge in [0, 0.05) is 24.9 Å². The van der Waals surface area contributed by atoms with Crippen molar-refractivity contribution >= 4 is 29.5 Å². The molecule has 8 nitrogen and oxygen atoms in total. The predicted molar refractivity (Wildman–Crippen MR) is 105 cm³/mol. The molecule has 0 atom stereocenters. The van der Waals surface area contributed by atoms with Gasteiger partial charge in [-0.15, -0.1) is 0 Å². The molecule has 0 spiro atoms. The molecule has 0 fully saturated rings. The summed E-state index contributed by atoms with van der Waals surface area (Å²) in [5.74, 6) is -1.23. The number of benzene rings is 1. The van der Waals surface area contributed by atoms with Gasteiger partial charge in [0.05, 0.1) is 21.3 Å². The van der Waals surface area contributed by atoms with Crippen molar-refractivity contribution < 1.29 is 19.2 Å². The van der Waals surface area contributed by atoms with Gasteiger partial charge in [-0.25, -0.2) is 9.37 Å². The summed E-state index contributed by atoms with van der Waals surface area (Å²) in [7, 11) is 0. The number of imidazole rings is 1. The van der Waals surface area contributed by atoms with Crippen LogP contribution in [0.2, 0.25) is 5.02 Å². The van der Waals surface area contributed by atoms with E-state index in [1.165, 1.54) is 29.0 Å². The maximum absolute atomic E-state index is 14.7. The summed E-state index contributed by atoms with van der Waals surface area (Å²) in [5, 5.41) is 21.7. The van der Waals surface area contributed by atoms with Crippen LogP contribution in [0.15, 0.2) is 30.5 Å². The van der Waals surface area contributed by atoms with Gasteiger partial charge in [0.25, 0.3) is 5.88 Å². The van der Waals surface area contributed by atoms with Gasteiger partial charge >= 0.3 is 5.69 Å². The van der Waals surface area contributed by atoms with Crippen molar-refractivity contribution in [1.82, 2.24) is 14.1 Å². The molecule has 1 aliphatic rings. The van der Waals surface area contributed by atoms with E-state index in [9.17, 15) is 19.6 Å². The lowest BCUT2D eigenvalue weighted by Crippen LogP contribution is -2.09. The van der Waals surface area contributed by atoms with Crippen molar-refractivity contribution in [3.05, 3.63) is 61.9 Å². The maximum Gasteiger partial charge on any atom is 0.331 e. The monoisotopic (exact) mass is 436 g/mol. The number of nitrogens with zero attached hydrogens (tertiary/aromatic N) is 4. The molecule has 3 aromatic rings. The molecule has 2 aromatic heterocycles. The van der Waals surface area contributed by atoms with Gasteiger partial charge in [0.15, 0.2) is 10.5 Å². The van der Waals surface area contributed by atoms with Crippen LogP contribution >= 0.6 is 23.8 Å². The van der Waals surface area contributed by atoms with E-state index in [-0.39, 0.29) is 38.7 Å². The number of nitro groups is 1. The van der Waals surface area contributed by atoms with Crippen molar-refractivity contribution in [2.24, 2.45) is 0 Å². The number of fused-ring (bicyclic) bond motifs is 1. The summed E-state index contributed by atoms with van der Waals surface area (Å²) in [4.78, 5) is 14.4. The maximum atomic E-state index is 14.7. The molecule has 1 aliphatic heterocycles. The number of ether oxygens (including phenoxy) is 1. The molecule has 11 heteroatoms. The fourth-order valence-electron chi connectivity index (χ4n) is 3.31. The Labute approximate surface area is 173 Å². The Balaban J connectivity index is 1.84. The van der Waals surface area contributed by atoms with Crippen LogP contribution in [0.1, 0.15) is 18.5 Å². The summed E-state index contributed by atoms with van der Waals surface area (Å²) in [6.45, 7) is 0.632. The van der Waals surface area contributed by atoms with Crippen molar-refractivity contribution in [2.75, 3.05) is 0 Å². The van der Waals surface area contributed by atoms with E-state index < -0.39 is 10.7 Å². The third-order valence-corrected chi connectivity index (χ3v) is 5.36. The lowest BCUT2D eigenvalue weighted by molar-refractivity contribution is -0.386. The standard InChI is InChI=1S/C18H14ClFN4O4S/c19-10-8-11(20)14(23-17(25)13-4-1-2-7-22(13)18(23)29)9-15(10)28-16-12(24(26)27)5-3-6-21-16/h3,5-6,8-9,25H,1-2,4,7H2. The molecule has 150 valence electrons. The van der Waals surface area contributed by atoms with Crippen LogP contribution in [0.25, 0.3) is 5.69 Å². The number of hydrogen-bond donors (Lipinski definition) is 1. The fourth-order valence-corrected chi connectivity index (χ4v) is 3.88. The van der Waals surface area contributed by atoms with E-state index in [4.69, 9.17) is 28.6 Å². The van der Waals surface area contributed by atoms with E-state index in [0.29, 0.717) is 18.7 Å². The fraction of sp³-hybridized carbons (Fsp3) is 0.222. The lowest BCUT2D eigenvalue weighted by atomic mass is 10.1. The number of rotatable bonds is 4. The zero-order valence-electron chi connectivity index (χ0n) is 14.8. The molecule has 0 amide bonds. The molecule has 29 heavy (non-hydrogen) atoms. The third kappa shape index (κ3) is 3.34. The average Bonchev–Trinajstić information content (AvgIpc) is 2.95. The molecule has 1 aromatic carbocycles. The number of halogens is 2. The smallest absolute Gasteiger partial charge is 0.331 e. The average molecular weight is 437 g/mol. The minimum Gasteiger partial charge on any atom is -0.493 e. The molecule has 1 N–H and O–H groups in total. The second kappa shape index (κ2) is 7.45. The van der Waals surface area contributed by atoms with Crippen molar-refractivity contribution in [2.45, 2.75) is 25.8 Å². The van der Waals surface area contributed by atoms with Crippen molar-refractivity contribution in [3.63, 3.8) is 0 Å². The van der Waals surface area contributed by atoms with Crippen LogP contribution in [-0.2, 0) is 13.0 Å². The second-order valence-electron chi connectivity index (χ2n) is 6.42. The largest absolute Gasteiger partial charge is 0.493 e. The second-order valence-corrected chi connectivity index (χ2v) is 7.19. The SMILES string of the molecule is O=[N+]([O-])c1cccnc1Oc1cc(-n2c(O)c3n(c2=S)CCCC3)c(F)cc1Cl. The van der Waals surface area contributed by atoms with E-state index in [1.54, 1.807) is 4.57 Å². The molecule has 0 radical (unpaired) electrons. The zero-order chi connectivity index (χ0) is 20.7. The summed E-state index contributed by atoms with van der Waals surface area (Å²) >= 11 is 11.5. The predicted octanol–water partition coefficient (Wildman–Crippen LogP) is 4.94. The van der Waals surface area contributed by atoms with Crippen molar-refractivity contribution in [1.29, 1.82) is 0 Å². The van der Waals surface area contributed by atoms with E-state index in [2.05, 4.69) is 4.98 Å². The van der Waals surface area contributed by atoms with Crippen molar-refractivity contribution in [3.8, 4) is 23.2 Å². The first kappa shape index (κ1) is 19.3. The Kier molecular flexibility index (Phi) is 4.97. The summed E-state index contributed by atoms with van der Waals surface area (Å²) < 4.78 is 23.5. The van der Waals surface area contributed by atoms with Gasteiger partial charge in [-0.1, -0.05) is 11.6 Å². The Bertz CT molecular complexity index is 1190. The molecule has 0 unspecified atom stereocenters. The van der Waals surface area contributed by atoms with Crippen LogP contribution in [0.5, 0.6) is 17.5 Å². The Hall–Kier alpha value is -2.98. The normalized spacial score (nSPS) is 13.2. The summed E-state index contributed by atoms with van der Waals surface area (Å²) in [6, 6.07) is 4.85. The van der Waals surface area contributed by atoms with Crippen LogP contribution in [0.4, 0.5) is 10.1 Å². The van der Waals surface area contributed by atoms with Crippen LogP contribution in [0.3, 0.4) is 0 Å². The van der Waals surface area contributed by atoms with Gasteiger partial charge in [0.1, 0.15) is 5.82 Å². The topological polar surface area (TPSA) is 95.3 Å². The first-order valence-corrected chi connectivity index (χ1v) is 9.47. The molecule has 0 aliphatic carbocycles. The van der Waals surface area contributed by atoms with E-state index in [0.717, 1.165) is 18.9 Å². The first-order valence-electron chi connectivity index (χ1n) is 8.68.